The van der Waals surface area contributed by atoms with Crippen LogP contribution in [0.4, 0.5) is 14.9 Å². The number of rotatable bonds is 7. The van der Waals surface area contributed by atoms with Gasteiger partial charge in [-0.1, -0.05) is 24.1 Å². The highest BCUT2D eigenvalue weighted by Crippen LogP contribution is 2.21. The van der Waals surface area contributed by atoms with Crippen molar-refractivity contribution in [1.29, 1.82) is 0 Å². The lowest BCUT2D eigenvalue weighted by Gasteiger charge is -2.08. The number of carbonyl (C=O) groups excluding carboxylic acids is 1. The first kappa shape index (κ1) is 16.2. The van der Waals surface area contributed by atoms with Gasteiger partial charge < -0.3 is 15.7 Å². The number of carbonyl (C=O) groups is 2. The number of benzene rings is 1. The SMILES string of the molecule is O=C(O)CCCCCNC(=O)Nc1cccc(Cl)c1F. The number of hydrogen-bond donors (Lipinski definition) is 3. The second-order valence-electron chi connectivity index (χ2n) is 4.19. The van der Waals surface area contributed by atoms with E-state index in [-0.39, 0.29) is 17.1 Å². The molecule has 1 aromatic rings. The fourth-order valence-corrected chi connectivity index (χ4v) is 1.72. The topological polar surface area (TPSA) is 78.4 Å². The van der Waals surface area contributed by atoms with Crippen LogP contribution in [0.25, 0.3) is 0 Å². The highest BCUT2D eigenvalue weighted by atomic mass is 35.5. The van der Waals surface area contributed by atoms with Crippen LogP contribution < -0.4 is 10.6 Å². The molecule has 0 atom stereocenters. The van der Waals surface area contributed by atoms with Crippen LogP contribution in [-0.2, 0) is 4.79 Å². The Morgan fingerprint density at radius 2 is 2.00 bits per heavy atom. The summed E-state index contributed by atoms with van der Waals surface area (Å²) in [6.07, 6.45) is 2.07. The molecular weight excluding hydrogens is 287 g/mol. The van der Waals surface area contributed by atoms with Crippen molar-refractivity contribution in [1.82, 2.24) is 5.32 Å². The van der Waals surface area contributed by atoms with Gasteiger partial charge in [0.05, 0.1) is 10.7 Å². The van der Waals surface area contributed by atoms with Gasteiger partial charge in [0.25, 0.3) is 0 Å². The summed E-state index contributed by atoms with van der Waals surface area (Å²) in [5.41, 5.74) is 0.0147. The number of hydrogen-bond acceptors (Lipinski definition) is 2. The van der Waals surface area contributed by atoms with Crippen LogP contribution in [-0.4, -0.2) is 23.7 Å². The van der Waals surface area contributed by atoms with Crippen LogP contribution in [0.5, 0.6) is 0 Å². The Labute approximate surface area is 121 Å². The second-order valence-corrected chi connectivity index (χ2v) is 4.59. The van der Waals surface area contributed by atoms with E-state index < -0.39 is 17.8 Å². The van der Waals surface area contributed by atoms with Crippen LogP contribution in [0.1, 0.15) is 25.7 Å². The van der Waals surface area contributed by atoms with Gasteiger partial charge in [-0.15, -0.1) is 0 Å². The van der Waals surface area contributed by atoms with Crippen molar-refractivity contribution in [3.63, 3.8) is 0 Å². The third-order valence-electron chi connectivity index (χ3n) is 2.55. The van der Waals surface area contributed by atoms with E-state index in [1.807, 2.05) is 0 Å². The highest BCUT2D eigenvalue weighted by Gasteiger charge is 2.08. The van der Waals surface area contributed by atoms with Gasteiger partial charge in [0.2, 0.25) is 0 Å². The van der Waals surface area contributed by atoms with E-state index >= 15 is 0 Å². The smallest absolute Gasteiger partial charge is 0.319 e. The number of carboxylic acid groups (broad SMARTS) is 1. The average Bonchev–Trinajstić information content (AvgIpc) is 2.39. The number of halogens is 2. The molecule has 110 valence electrons. The lowest BCUT2D eigenvalue weighted by Crippen LogP contribution is -2.29. The van der Waals surface area contributed by atoms with E-state index in [1.165, 1.54) is 18.2 Å². The summed E-state index contributed by atoms with van der Waals surface area (Å²) in [5.74, 6) is -1.50. The fraction of sp³-hybridized carbons (Fsp3) is 0.385. The van der Waals surface area contributed by atoms with Crippen LogP contribution in [0.15, 0.2) is 18.2 Å². The predicted octanol–water partition coefficient (Wildman–Crippen LogP) is 3.25. The Bertz CT molecular complexity index is 483. The molecule has 0 aliphatic carbocycles. The minimum Gasteiger partial charge on any atom is -0.481 e. The number of nitrogens with one attached hydrogen (secondary N) is 2. The molecule has 0 spiro atoms. The largest absolute Gasteiger partial charge is 0.481 e. The number of aliphatic carboxylic acids is 1. The molecule has 20 heavy (non-hydrogen) atoms. The molecule has 0 fully saturated rings. The van der Waals surface area contributed by atoms with E-state index in [0.717, 1.165) is 0 Å². The maximum atomic E-state index is 13.5. The van der Waals surface area contributed by atoms with E-state index in [0.29, 0.717) is 25.8 Å². The summed E-state index contributed by atoms with van der Waals surface area (Å²) in [6, 6.07) is 3.81. The number of unbranched alkanes of at least 4 members (excludes halogenated alkanes) is 2. The highest BCUT2D eigenvalue weighted by molar-refractivity contribution is 6.31. The molecule has 3 N–H and O–H groups in total. The van der Waals surface area contributed by atoms with Crippen LogP contribution in [0.2, 0.25) is 5.02 Å². The molecule has 0 saturated heterocycles. The summed E-state index contributed by atoms with van der Waals surface area (Å²) >= 11 is 5.59. The number of carboxylic acids is 1. The lowest BCUT2D eigenvalue weighted by molar-refractivity contribution is -0.137. The quantitative estimate of drug-likeness (QED) is 0.677. The van der Waals surface area contributed by atoms with Crippen molar-refractivity contribution in [3.05, 3.63) is 29.0 Å². The Morgan fingerprint density at radius 3 is 2.70 bits per heavy atom. The van der Waals surface area contributed by atoms with Crippen molar-refractivity contribution in [2.75, 3.05) is 11.9 Å². The number of urea groups is 1. The second kappa shape index (κ2) is 8.37. The maximum Gasteiger partial charge on any atom is 0.319 e. The van der Waals surface area contributed by atoms with Crippen LogP contribution in [0, 0.1) is 5.82 Å². The molecular formula is C13H16ClFN2O3. The molecule has 0 aromatic heterocycles. The monoisotopic (exact) mass is 302 g/mol. The Morgan fingerprint density at radius 1 is 1.25 bits per heavy atom. The number of anilines is 1. The molecule has 1 aromatic carbocycles. The Balaban J connectivity index is 2.24. The molecule has 0 heterocycles. The van der Waals surface area contributed by atoms with Gasteiger partial charge in [-0.2, -0.15) is 0 Å². The first-order chi connectivity index (χ1) is 9.50. The maximum absolute atomic E-state index is 13.5. The molecule has 2 amide bonds. The van der Waals surface area contributed by atoms with Crippen LogP contribution in [0.3, 0.4) is 0 Å². The first-order valence-electron chi connectivity index (χ1n) is 6.21. The third-order valence-corrected chi connectivity index (χ3v) is 2.84. The number of amides is 2. The first-order valence-corrected chi connectivity index (χ1v) is 6.59. The molecule has 0 radical (unpaired) electrons. The standard InChI is InChI=1S/C13H16ClFN2O3/c14-9-5-4-6-10(12(9)15)17-13(20)16-8-3-1-2-7-11(18)19/h4-6H,1-3,7-8H2,(H,18,19)(H2,16,17,20). The summed E-state index contributed by atoms with van der Waals surface area (Å²) in [4.78, 5) is 21.8. The van der Waals surface area contributed by atoms with E-state index in [9.17, 15) is 14.0 Å². The van der Waals surface area contributed by atoms with Gasteiger partial charge in [0.15, 0.2) is 5.82 Å². The van der Waals surface area contributed by atoms with Crippen molar-refractivity contribution in [2.24, 2.45) is 0 Å². The third kappa shape index (κ3) is 5.88. The summed E-state index contributed by atoms with van der Waals surface area (Å²) in [7, 11) is 0. The van der Waals surface area contributed by atoms with Gasteiger partial charge in [0.1, 0.15) is 0 Å². The fourth-order valence-electron chi connectivity index (χ4n) is 1.55. The zero-order valence-corrected chi connectivity index (χ0v) is 11.5. The Hall–Kier alpha value is -1.82. The van der Waals surface area contributed by atoms with Gasteiger partial charge in [0, 0.05) is 13.0 Å². The van der Waals surface area contributed by atoms with E-state index in [2.05, 4.69) is 10.6 Å². The zero-order chi connectivity index (χ0) is 15.0. The van der Waals surface area contributed by atoms with Crippen molar-refractivity contribution in [2.45, 2.75) is 25.7 Å². The van der Waals surface area contributed by atoms with Gasteiger partial charge in [-0.05, 0) is 25.0 Å². The normalized spacial score (nSPS) is 10.1. The minimum atomic E-state index is -0.827. The summed E-state index contributed by atoms with van der Waals surface area (Å²) in [6.45, 7) is 0.396. The zero-order valence-electron chi connectivity index (χ0n) is 10.8. The Kier molecular flexibility index (Phi) is 6.79. The predicted molar refractivity (Wildman–Crippen MR) is 74.5 cm³/mol. The summed E-state index contributed by atoms with van der Waals surface area (Å²) in [5, 5.41) is 13.3. The van der Waals surface area contributed by atoms with E-state index in [4.69, 9.17) is 16.7 Å². The van der Waals surface area contributed by atoms with Gasteiger partial charge >= 0.3 is 12.0 Å². The molecule has 5 nitrogen and oxygen atoms in total. The van der Waals surface area contributed by atoms with Gasteiger partial charge in [-0.25, -0.2) is 9.18 Å². The molecule has 0 unspecified atom stereocenters. The molecule has 0 saturated carbocycles. The average molecular weight is 303 g/mol. The molecule has 0 bridgehead atoms. The minimum absolute atomic E-state index is 0.0147. The van der Waals surface area contributed by atoms with Gasteiger partial charge in [-0.3, -0.25) is 4.79 Å². The van der Waals surface area contributed by atoms with Crippen molar-refractivity contribution in [3.8, 4) is 0 Å². The molecule has 7 heteroatoms. The lowest BCUT2D eigenvalue weighted by atomic mass is 10.2. The van der Waals surface area contributed by atoms with E-state index in [1.54, 1.807) is 0 Å². The van der Waals surface area contributed by atoms with Crippen LogP contribution >= 0.6 is 11.6 Å². The van der Waals surface area contributed by atoms with Crippen molar-refractivity contribution >= 4 is 29.3 Å². The molecule has 1 rings (SSSR count). The summed E-state index contributed by atoms with van der Waals surface area (Å²) < 4.78 is 13.5. The molecule has 0 aliphatic heterocycles. The molecule has 0 aliphatic rings. The van der Waals surface area contributed by atoms with Crippen molar-refractivity contribution < 1.29 is 19.1 Å².